The Kier molecular flexibility index (Phi) is 7.71. The van der Waals surface area contributed by atoms with Crippen LogP contribution in [0.2, 0.25) is 0 Å². The molecule has 0 unspecified atom stereocenters. The van der Waals surface area contributed by atoms with Gasteiger partial charge in [-0.05, 0) is 19.1 Å². The summed E-state index contributed by atoms with van der Waals surface area (Å²) in [4.78, 5) is 37.7. The minimum atomic E-state index is -3.13. The van der Waals surface area contributed by atoms with E-state index in [1.165, 1.54) is 0 Å². The summed E-state index contributed by atoms with van der Waals surface area (Å²) >= 11 is 1.08. The van der Waals surface area contributed by atoms with Gasteiger partial charge in [-0.25, -0.2) is 4.98 Å². The second kappa shape index (κ2) is 10.2. The molecule has 1 amide bonds. The van der Waals surface area contributed by atoms with Gasteiger partial charge in [0.05, 0.1) is 23.6 Å². The number of hydrogen-bond donors (Lipinski definition) is 1. The van der Waals surface area contributed by atoms with E-state index in [0.717, 1.165) is 41.7 Å². The largest absolute Gasteiger partial charge is 0.466 e. The van der Waals surface area contributed by atoms with Crippen molar-refractivity contribution in [2.24, 2.45) is 0 Å². The van der Waals surface area contributed by atoms with Gasteiger partial charge in [-0.3, -0.25) is 25.0 Å². The fourth-order valence-electron chi connectivity index (χ4n) is 2.10. The van der Waals surface area contributed by atoms with Crippen molar-refractivity contribution in [3.05, 3.63) is 51.0 Å². The Labute approximate surface area is 167 Å². The summed E-state index contributed by atoms with van der Waals surface area (Å²) < 4.78 is 34.1. The molecule has 1 aromatic carbocycles. The van der Waals surface area contributed by atoms with Crippen molar-refractivity contribution in [1.82, 2.24) is 4.98 Å². The Morgan fingerprint density at radius 1 is 1.41 bits per heavy atom. The number of amides is 1. The van der Waals surface area contributed by atoms with Crippen molar-refractivity contribution in [3.8, 4) is 5.75 Å². The van der Waals surface area contributed by atoms with Crippen LogP contribution in [-0.2, 0) is 20.7 Å². The van der Waals surface area contributed by atoms with Gasteiger partial charge in [-0.2, -0.15) is 8.78 Å². The number of carbonyl (C=O) groups is 2. The zero-order valence-electron chi connectivity index (χ0n) is 15.0. The van der Waals surface area contributed by atoms with Gasteiger partial charge in [-0.1, -0.05) is 0 Å². The van der Waals surface area contributed by atoms with Crippen LogP contribution in [0.3, 0.4) is 0 Å². The van der Waals surface area contributed by atoms with Crippen LogP contribution in [0, 0.1) is 10.1 Å². The second-order valence-corrected chi connectivity index (χ2v) is 6.16. The van der Waals surface area contributed by atoms with E-state index in [9.17, 15) is 28.5 Å². The van der Waals surface area contributed by atoms with Crippen molar-refractivity contribution in [2.45, 2.75) is 20.0 Å². The summed E-state index contributed by atoms with van der Waals surface area (Å²) in [6.07, 6.45) is 2.05. The van der Waals surface area contributed by atoms with E-state index in [4.69, 9.17) is 4.74 Å². The number of anilines is 1. The fraction of sp³-hybridized carbons (Fsp3) is 0.235. The first-order valence-corrected chi connectivity index (χ1v) is 8.98. The van der Waals surface area contributed by atoms with E-state index in [2.05, 4.69) is 15.0 Å². The Balaban J connectivity index is 2.08. The highest BCUT2D eigenvalue weighted by Crippen LogP contribution is 2.27. The van der Waals surface area contributed by atoms with Crippen LogP contribution in [0.1, 0.15) is 18.2 Å². The lowest BCUT2D eigenvalue weighted by Crippen LogP contribution is -2.09. The number of hydrogen-bond acceptors (Lipinski definition) is 8. The number of aromatic nitrogens is 1. The molecule has 1 N–H and O–H groups in total. The highest BCUT2D eigenvalue weighted by Gasteiger charge is 2.14. The van der Waals surface area contributed by atoms with Gasteiger partial charge in [-0.15, -0.1) is 11.3 Å². The highest BCUT2D eigenvalue weighted by molar-refractivity contribution is 7.14. The van der Waals surface area contributed by atoms with Crippen molar-refractivity contribution < 1.29 is 32.8 Å². The molecule has 0 aliphatic rings. The van der Waals surface area contributed by atoms with Crippen LogP contribution in [0.4, 0.5) is 19.6 Å². The van der Waals surface area contributed by atoms with Crippen molar-refractivity contribution in [2.75, 3.05) is 11.9 Å². The average molecular weight is 427 g/mol. The summed E-state index contributed by atoms with van der Waals surface area (Å²) in [7, 11) is 0. The molecule has 0 bridgehead atoms. The number of benzene rings is 1. The van der Waals surface area contributed by atoms with Gasteiger partial charge in [0.2, 0.25) is 5.91 Å². The molecule has 9 nitrogen and oxygen atoms in total. The molecule has 0 spiro atoms. The zero-order valence-corrected chi connectivity index (χ0v) is 15.8. The predicted molar refractivity (Wildman–Crippen MR) is 99.8 cm³/mol. The monoisotopic (exact) mass is 427 g/mol. The maximum Gasteiger partial charge on any atom is 0.387 e. The number of non-ortho nitro benzene ring substituents is 1. The first-order chi connectivity index (χ1) is 13.8. The molecular formula is C17H15F2N3O6S. The van der Waals surface area contributed by atoms with Crippen LogP contribution in [0.25, 0.3) is 6.08 Å². The third-order valence-electron chi connectivity index (χ3n) is 3.25. The number of nitro benzene ring substituents is 1. The van der Waals surface area contributed by atoms with E-state index in [0.29, 0.717) is 5.69 Å². The average Bonchev–Trinajstić information content (AvgIpc) is 3.07. The molecule has 0 radical (unpaired) electrons. The first kappa shape index (κ1) is 21.9. The van der Waals surface area contributed by atoms with Crippen LogP contribution >= 0.6 is 11.3 Å². The molecule has 0 aliphatic heterocycles. The third kappa shape index (κ3) is 6.92. The molecule has 2 aromatic rings. The number of esters is 1. The summed E-state index contributed by atoms with van der Waals surface area (Å²) in [5.41, 5.74) is -0.00831. The smallest absolute Gasteiger partial charge is 0.387 e. The van der Waals surface area contributed by atoms with E-state index in [-0.39, 0.29) is 35.2 Å². The number of ether oxygens (including phenoxy) is 2. The normalized spacial score (nSPS) is 10.9. The number of thiazole rings is 1. The first-order valence-electron chi connectivity index (χ1n) is 8.10. The van der Waals surface area contributed by atoms with E-state index in [1.54, 1.807) is 12.3 Å². The summed E-state index contributed by atoms with van der Waals surface area (Å²) in [6.45, 7) is -1.21. The molecule has 29 heavy (non-hydrogen) atoms. The third-order valence-corrected chi connectivity index (χ3v) is 4.05. The van der Waals surface area contributed by atoms with Crippen molar-refractivity contribution in [1.29, 1.82) is 0 Å². The number of halogens is 2. The molecule has 154 valence electrons. The lowest BCUT2D eigenvalue weighted by molar-refractivity contribution is -0.384. The lowest BCUT2D eigenvalue weighted by atomic mass is 10.1. The summed E-state index contributed by atoms with van der Waals surface area (Å²) in [6, 6.07) is 3.03. The standard InChI is InChI=1S/C17H15F2N3O6S/c1-2-27-15(24)8-11-9-29-17(20-11)21-14(23)6-3-10-7-12(22(25)26)4-5-13(10)28-16(18)19/h3-7,9,16H,2,8H2,1H3,(H,20,21,23). The maximum atomic E-state index is 12.5. The summed E-state index contributed by atoms with van der Waals surface area (Å²) in [5, 5.41) is 15.1. The molecule has 0 saturated carbocycles. The van der Waals surface area contributed by atoms with Crippen molar-refractivity contribution >= 4 is 40.1 Å². The SMILES string of the molecule is CCOC(=O)Cc1csc(NC(=O)C=Cc2cc([N+](=O)[O-])ccc2OC(F)F)n1. The van der Waals surface area contributed by atoms with E-state index < -0.39 is 23.4 Å². The lowest BCUT2D eigenvalue weighted by Gasteiger charge is -2.07. The van der Waals surface area contributed by atoms with Crippen LogP contribution in [0.5, 0.6) is 5.75 Å². The molecule has 2 rings (SSSR count). The number of nitrogens with zero attached hydrogens (tertiary/aromatic N) is 2. The van der Waals surface area contributed by atoms with Crippen LogP contribution in [0.15, 0.2) is 29.7 Å². The highest BCUT2D eigenvalue weighted by atomic mass is 32.1. The van der Waals surface area contributed by atoms with Crippen molar-refractivity contribution in [3.63, 3.8) is 0 Å². The van der Waals surface area contributed by atoms with Gasteiger partial charge in [0, 0.05) is 29.2 Å². The zero-order chi connectivity index (χ0) is 21.4. The molecule has 0 aliphatic carbocycles. The Hall–Kier alpha value is -3.41. The number of rotatable bonds is 9. The number of nitro groups is 1. The van der Waals surface area contributed by atoms with Crippen LogP contribution in [-0.4, -0.2) is 35.0 Å². The maximum absolute atomic E-state index is 12.5. The van der Waals surface area contributed by atoms with Gasteiger partial charge in [0.1, 0.15) is 5.75 Å². The minimum Gasteiger partial charge on any atom is -0.466 e. The summed E-state index contributed by atoms with van der Waals surface area (Å²) in [5.74, 6) is -1.43. The quantitative estimate of drug-likeness (QED) is 0.282. The minimum absolute atomic E-state index is 0.0436. The molecule has 1 aromatic heterocycles. The van der Waals surface area contributed by atoms with Gasteiger partial charge >= 0.3 is 12.6 Å². The molecule has 0 fully saturated rings. The number of alkyl halides is 2. The van der Waals surface area contributed by atoms with E-state index >= 15 is 0 Å². The molecular weight excluding hydrogens is 412 g/mol. The Morgan fingerprint density at radius 3 is 2.83 bits per heavy atom. The second-order valence-electron chi connectivity index (χ2n) is 5.31. The van der Waals surface area contributed by atoms with E-state index in [1.807, 2.05) is 0 Å². The topological polar surface area (TPSA) is 121 Å². The van der Waals surface area contributed by atoms with Gasteiger partial charge in [0.25, 0.3) is 5.69 Å². The molecule has 12 heteroatoms. The molecule has 1 heterocycles. The Bertz CT molecular complexity index is 932. The van der Waals surface area contributed by atoms with Gasteiger partial charge < -0.3 is 9.47 Å². The molecule has 0 atom stereocenters. The number of carbonyl (C=O) groups excluding carboxylic acids is 2. The molecule has 0 saturated heterocycles. The predicted octanol–water partition coefficient (Wildman–Crippen LogP) is 3.41. The number of nitrogens with one attached hydrogen (secondary N) is 1. The Morgan fingerprint density at radius 2 is 2.17 bits per heavy atom. The van der Waals surface area contributed by atoms with Gasteiger partial charge in [0.15, 0.2) is 5.13 Å². The fourth-order valence-corrected chi connectivity index (χ4v) is 2.81. The van der Waals surface area contributed by atoms with Crippen LogP contribution < -0.4 is 10.1 Å².